The molecule has 19 nitrogen and oxygen atoms in total. The van der Waals surface area contributed by atoms with Crippen LogP contribution in [-0.4, -0.2) is 138 Å². The molecule has 0 spiro atoms. The van der Waals surface area contributed by atoms with Crippen LogP contribution in [0.1, 0.15) is 108 Å². The van der Waals surface area contributed by atoms with Crippen LogP contribution < -0.4 is 43.0 Å². The average molecular weight is 854 g/mol. The van der Waals surface area contributed by atoms with Gasteiger partial charge in [0.25, 0.3) is 0 Å². The van der Waals surface area contributed by atoms with E-state index in [9.17, 15) is 48.6 Å². The molecule has 0 aromatic carbocycles. The van der Waals surface area contributed by atoms with Gasteiger partial charge in [0, 0.05) is 6.54 Å². The summed E-state index contributed by atoms with van der Waals surface area (Å²) in [5.74, 6) is -6.00. The fourth-order valence-corrected chi connectivity index (χ4v) is 7.04. The highest BCUT2D eigenvalue weighted by Crippen LogP contribution is 2.22. The van der Waals surface area contributed by atoms with E-state index in [1.54, 1.807) is 34.7 Å². The summed E-state index contributed by atoms with van der Waals surface area (Å²) < 4.78 is 0. The Labute approximate surface area is 355 Å². The third-order valence-electron chi connectivity index (χ3n) is 10.6. The first-order valence-electron chi connectivity index (χ1n) is 21.3. The second kappa shape index (κ2) is 26.1. The smallest absolute Gasteiger partial charge is 0.245 e. The maximum atomic E-state index is 14.2. The lowest BCUT2D eigenvalue weighted by molar-refractivity contribution is -0.143. The van der Waals surface area contributed by atoms with Gasteiger partial charge in [-0.05, 0) is 68.7 Å². The molecule has 1 fully saturated rings. The Hall–Kier alpha value is -4.36. The topological polar surface area (TPSA) is 290 Å². The van der Waals surface area contributed by atoms with Crippen LogP contribution in [-0.2, 0) is 38.4 Å². The summed E-state index contributed by atoms with van der Waals surface area (Å²) in [6, 6.07) is -8.79. The molecule has 0 saturated carbocycles. The van der Waals surface area contributed by atoms with Gasteiger partial charge in [0.15, 0.2) is 0 Å². The number of hydrogen-bond acceptors (Lipinski definition) is 11. The van der Waals surface area contributed by atoms with E-state index in [1.165, 1.54) is 4.90 Å². The van der Waals surface area contributed by atoms with Crippen molar-refractivity contribution in [2.45, 2.75) is 156 Å². The van der Waals surface area contributed by atoms with Crippen molar-refractivity contribution in [1.82, 2.24) is 42.1 Å². The molecule has 344 valence electrons. The van der Waals surface area contributed by atoms with Crippen molar-refractivity contribution in [2.24, 2.45) is 35.3 Å². The monoisotopic (exact) mass is 854 g/mol. The van der Waals surface area contributed by atoms with Crippen molar-refractivity contribution in [3.05, 3.63) is 0 Å². The molecule has 60 heavy (non-hydrogen) atoms. The van der Waals surface area contributed by atoms with Crippen LogP contribution in [0.5, 0.6) is 0 Å². The largest absolute Gasteiger partial charge is 0.394 e. The number of amides is 8. The molecule has 0 aromatic heterocycles. The molecule has 8 amide bonds. The summed E-state index contributed by atoms with van der Waals surface area (Å²) in [5.41, 5.74) is 5.22. The molecule has 1 aliphatic rings. The number of nitrogens with zero attached hydrogens (tertiary/aromatic N) is 1. The van der Waals surface area contributed by atoms with Crippen LogP contribution in [0.15, 0.2) is 0 Å². The lowest BCUT2D eigenvalue weighted by Crippen LogP contribution is -2.61. The summed E-state index contributed by atoms with van der Waals surface area (Å²) >= 11 is 0. The van der Waals surface area contributed by atoms with E-state index in [4.69, 9.17) is 5.73 Å². The number of hydrogen-bond donors (Lipinski definition) is 10. The van der Waals surface area contributed by atoms with Gasteiger partial charge < -0.3 is 58.1 Å². The van der Waals surface area contributed by atoms with Gasteiger partial charge in [0.05, 0.1) is 19.3 Å². The molecule has 1 aliphatic heterocycles. The predicted octanol–water partition coefficient (Wildman–Crippen LogP) is -1.22. The quantitative estimate of drug-likeness (QED) is 0.0493. The van der Waals surface area contributed by atoms with Crippen LogP contribution in [0.4, 0.5) is 0 Å². The number of aliphatic hydroxyl groups is 2. The Morgan fingerprint density at radius 1 is 0.600 bits per heavy atom. The van der Waals surface area contributed by atoms with Crippen molar-refractivity contribution in [1.29, 1.82) is 0 Å². The molecule has 1 rings (SSSR count). The van der Waals surface area contributed by atoms with E-state index in [0.717, 1.165) is 6.42 Å². The summed E-state index contributed by atoms with van der Waals surface area (Å²) in [5, 5.41) is 38.3. The normalized spacial score (nSPS) is 18.1. The second-order valence-corrected chi connectivity index (χ2v) is 17.5. The fraction of sp³-hybridized carbons (Fsp3) is 0.805. The minimum atomic E-state index is -1.54. The molecule has 9 atom stereocenters. The van der Waals surface area contributed by atoms with E-state index in [-0.39, 0.29) is 67.7 Å². The standard InChI is InChI=1S/C41H75N9O10/c1-12-25(10)33(43-11)40(59)49-32(24(8)9)39(58)46-28(18-23(6)7)41(60)50-15-13-14-31(50)38(57)45-27(17-22(4)5)36(55)48-30(20-52)37(56)44-26(16-21(2)3)35(54)47-29(19-51)34(42)53/h21-33,43,51-52H,12-20H2,1-11H3,(H2,42,53)(H,44,56)(H,45,57)(H,46,58)(H,47,54)(H,48,55)(H,49,59)/t25-,26-,27-,28-,29-,30-,31-,32-,33-/m0/s1. The van der Waals surface area contributed by atoms with E-state index in [2.05, 4.69) is 37.2 Å². The SMILES string of the molecule is CC[C@H](C)[C@H](NC)C(=O)N[C@H](C(=O)N[C@@H](CC(C)C)C(=O)N1CCC[C@H]1C(=O)N[C@@H](CC(C)C)C(=O)N[C@@H](CO)C(=O)N[C@@H](CC(C)C)C(=O)N[C@@H](CO)C(N)=O)C(C)C. The Morgan fingerprint density at radius 3 is 1.48 bits per heavy atom. The van der Waals surface area contributed by atoms with Gasteiger partial charge in [-0.1, -0.05) is 75.7 Å². The minimum absolute atomic E-state index is 0.00625. The number of carbonyl (C=O) groups is 8. The van der Waals surface area contributed by atoms with Gasteiger partial charge >= 0.3 is 0 Å². The molecule has 0 aliphatic carbocycles. The zero-order valence-electron chi connectivity index (χ0n) is 37.6. The summed E-state index contributed by atoms with van der Waals surface area (Å²) in [4.78, 5) is 108. The number of primary amides is 1. The van der Waals surface area contributed by atoms with Gasteiger partial charge in [-0.15, -0.1) is 0 Å². The van der Waals surface area contributed by atoms with Gasteiger partial charge in [-0.25, -0.2) is 0 Å². The number of likely N-dealkylation sites (tertiary alicyclic amines) is 1. The molecule has 0 unspecified atom stereocenters. The molecule has 0 radical (unpaired) electrons. The van der Waals surface area contributed by atoms with E-state index in [1.807, 2.05) is 41.5 Å². The lowest BCUT2D eigenvalue weighted by atomic mass is 9.96. The van der Waals surface area contributed by atoms with Crippen LogP contribution in [0.3, 0.4) is 0 Å². The molecule has 0 aromatic rings. The number of nitrogens with two attached hydrogens (primary N) is 1. The minimum Gasteiger partial charge on any atom is -0.394 e. The van der Waals surface area contributed by atoms with E-state index >= 15 is 0 Å². The summed E-state index contributed by atoms with van der Waals surface area (Å²) in [6.45, 7) is 17.1. The Morgan fingerprint density at radius 2 is 1.03 bits per heavy atom. The number of rotatable bonds is 26. The van der Waals surface area contributed by atoms with E-state index < -0.39 is 103 Å². The van der Waals surface area contributed by atoms with E-state index in [0.29, 0.717) is 6.42 Å². The number of aliphatic hydroxyl groups excluding tert-OH is 2. The van der Waals surface area contributed by atoms with Crippen LogP contribution in [0.2, 0.25) is 0 Å². The first-order valence-corrected chi connectivity index (χ1v) is 21.3. The third-order valence-corrected chi connectivity index (χ3v) is 10.6. The molecular weight excluding hydrogens is 779 g/mol. The molecule has 11 N–H and O–H groups in total. The van der Waals surface area contributed by atoms with Gasteiger partial charge in [0.2, 0.25) is 47.3 Å². The van der Waals surface area contributed by atoms with Crippen molar-refractivity contribution in [2.75, 3.05) is 26.8 Å². The van der Waals surface area contributed by atoms with Crippen molar-refractivity contribution in [3.8, 4) is 0 Å². The van der Waals surface area contributed by atoms with Gasteiger partial charge in [0.1, 0.15) is 42.3 Å². The van der Waals surface area contributed by atoms with Crippen molar-refractivity contribution in [3.63, 3.8) is 0 Å². The Balaban J connectivity index is 3.25. The first kappa shape index (κ1) is 53.7. The summed E-state index contributed by atoms with van der Waals surface area (Å²) in [6.07, 6.45) is 2.01. The molecule has 1 saturated heterocycles. The summed E-state index contributed by atoms with van der Waals surface area (Å²) in [7, 11) is 1.68. The maximum Gasteiger partial charge on any atom is 0.245 e. The maximum absolute atomic E-state index is 14.2. The molecule has 19 heteroatoms. The zero-order valence-corrected chi connectivity index (χ0v) is 37.6. The highest BCUT2D eigenvalue weighted by molar-refractivity contribution is 5.98. The molecule has 1 heterocycles. The predicted molar refractivity (Wildman–Crippen MR) is 225 cm³/mol. The second-order valence-electron chi connectivity index (χ2n) is 17.5. The first-order chi connectivity index (χ1) is 28.0. The van der Waals surface area contributed by atoms with Crippen LogP contribution >= 0.6 is 0 Å². The highest BCUT2D eigenvalue weighted by Gasteiger charge is 2.41. The fourth-order valence-electron chi connectivity index (χ4n) is 7.04. The van der Waals surface area contributed by atoms with Gasteiger partial charge in [-0.3, -0.25) is 38.4 Å². The van der Waals surface area contributed by atoms with Crippen LogP contribution in [0, 0.1) is 29.6 Å². The molecule has 0 bridgehead atoms. The Bertz CT molecular complexity index is 1460. The van der Waals surface area contributed by atoms with Gasteiger partial charge in [-0.2, -0.15) is 0 Å². The number of likely N-dealkylation sites (N-methyl/N-ethyl adjacent to an activating group) is 1. The Kier molecular flexibility index (Phi) is 23.3. The zero-order chi connectivity index (χ0) is 46.0. The number of carbonyl (C=O) groups excluding carboxylic acids is 8. The molecular formula is C41H75N9O10. The van der Waals surface area contributed by atoms with Crippen molar-refractivity contribution < 1.29 is 48.6 Å². The van der Waals surface area contributed by atoms with Crippen molar-refractivity contribution >= 4 is 47.3 Å². The third kappa shape index (κ3) is 17.0. The van der Waals surface area contributed by atoms with Crippen LogP contribution in [0.25, 0.3) is 0 Å². The number of nitrogens with one attached hydrogen (secondary N) is 7. The lowest BCUT2D eigenvalue weighted by Gasteiger charge is -2.32. The highest BCUT2D eigenvalue weighted by atomic mass is 16.3. The average Bonchev–Trinajstić information content (AvgIpc) is 3.66.